The van der Waals surface area contributed by atoms with Gasteiger partial charge in [-0.1, -0.05) is 24.3 Å². The van der Waals surface area contributed by atoms with Crippen molar-refractivity contribution in [3.8, 4) is 0 Å². The SMILES string of the molecule is CN=C(NCc1ncccc1C)NC1CC(=O)N(c2ccccc2)C1. The van der Waals surface area contributed by atoms with Crippen molar-refractivity contribution in [3.63, 3.8) is 0 Å². The number of carbonyl (C=O) groups excluding carboxylic acids is 1. The number of nitrogens with one attached hydrogen (secondary N) is 2. The van der Waals surface area contributed by atoms with Gasteiger partial charge in [0.15, 0.2) is 5.96 Å². The maximum Gasteiger partial charge on any atom is 0.229 e. The smallest absolute Gasteiger partial charge is 0.229 e. The summed E-state index contributed by atoms with van der Waals surface area (Å²) in [7, 11) is 1.73. The molecule has 1 fully saturated rings. The first kappa shape index (κ1) is 17.0. The Morgan fingerprint density at radius 1 is 1.28 bits per heavy atom. The molecule has 1 aliphatic rings. The number of benzene rings is 1. The summed E-state index contributed by atoms with van der Waals surface area (Å²) in [6, 6.07) is 13.7. The van der Waals surface area contributed by atoms with Gasteiger partial charge in [0.2, 0.25) is 5.91 Å². The molecule has 130 valence electrons. The molecule has 6 nitrogen and oxygen atoms in total. The highest BCUT2D eigenvalue weighted by atomic mass is 16.2. The van der Waals surface area contributed by atoms with Gasteiger partial charge in [0.25, 0.3) is 0 Å². The van der Waals surface area contributed by atoms with Crippen molar-refractivity contribution in [1.29, 1.82) is 0 Å². The van der Waals surface area contributed by atoms with Gasteiger partial charge in [-0.15, -0.1) is 0 Å². The van der Waals surface area contributed by atoms with Gasteiger partial charge in [-0.3, -0.25) is 14.8 Å². The molecule has 6 heteroatoms. The maximum atomic E-state index is 12.3. The van der Waals surface area contributed by atoms with Crippen LogP contribution in [0.4, 0.5) is 5.69 Å². The number of hydrogen-bond donors (Lipinski definition) is 2. The summed E-state index contributed by atoms with van der Waals surface area (Å²) in [5.41, 5.74) is 3.06. The predicted molar refractivity (Wildman–Crippen MR) is 99.5 cm³/mol. The summed E-state index contributed by atoms with van der Waals surface area (Å²) in [5, 5.41) is 6.60. The molecule has 0 radical (unpaired) electrons. The van der Waals surface area contributed by atoms with Crippen molar-refractivity contribution in [2.24, 2.45) is 4.99 Å². The van der Waals surface area contributed by atoms with Crippen LogP contribution in [0.3, 0.4) is 0 Å². The van der Waals surface area contributed by atoms with Crippen molar-refractivity contribution in [3.05, 3.63) is 59.9 Å². The molecule has 2 N–H and O–H groups in total. The quantitative estimate of drug-likeness (QED) is 0.660. The van der Waals surface area contributed by atoms with E-state index in [1.54, 1.807) is 13.2 Å². The van der Waals surface area contributed by atoms with Gasteiger partial charge in [0.1, 0.15) is 0 Å². The lowest BCUT2D eigenvalue weighted by Gasteiger charge is -2.19. The number of rotatable bonds is 4. The van der Waals surface area contributed by atoms with E-state index in [9.17, 15) is 4.79 Å². The van der Waals surface area contributed by atoms with Crippen LogP contribution in [0.15, 0.2) is 53.7 Å². The van der Waals surface area contributed by atoms with Crippen LogP contribution in [0.25, 0.3) is 0 Å². The zero-order valence-electron chi connectivity index (χ0n) is 14.6. The second-order valence-electron chi connectivity index (χ2n) is 6.08. The van der Waals surface area contributed by atoms with Gasteiger partial charge >= 0.3 is 0 Å². The Balaban J connectivity index is 1.58. The van der Waals surface area contributed by atoms with Gasteiger partial charge in [-0.05, 0) is 30.7 Å². The number of pyridine rings is 1. The van der Waals surface area contributed by atoms with E-state index in [-0.39, 0.29) is 11.9 Å². The summed E-state index contributed by atoms with van der Waals surface area (Å²) in [4.78, 5) is 22.7. The minimum absolute atomic E-state index is 0.0312. The Bertz CT molecular complexity index is 759. The first-order chi connectivity index (χ1) is 12.2. The van der Waals surface area contributed by atoms with Crippen molar-refractivity contribution >= 4 is 17.6 Å². The molecule has 1 atom stereocenters. The number of para-hydroxylation sites is 1. The van der Waals surface area contributed by atoms with Gasteiger partial charge in [0, 0.05) is 31.9 Å². The molecule has 3 rings (SSSR count). The third-order valence-corrected chi connectivity index (χ3v) is 4.30. The van der Waals surface area contributed by atoms with E-state index in [0.717, 1.165) is 16.9 Å². The minimum atomic E-state index is 0.0312. The summed E-state index contributed by atoms with van der Waals surface area (Å²) in [5.74, 6) is 0.803. The van der Waals surface area contributed by atoms with E-state index in [1.807, 2.05) is 54.3 Å². The fraction of sp³-hybridized carbons (Fsp3) is 0.316. The number of hydrogen-bond acceptors (Lipinski definition) is 3. The molecule has 2 heterocycles. The van der Waals surface area contributed by atoms with Crippen molar-refractivity contribution in [2.75, 3.05) is 18.5 Å². The number of amides is 1. The van der Waals surface area contributed by atoms with E-state index in [2.05, 4.69) is 20.6 Å². The molecule has 25 heavy (non-hydrogen) atoms. The molecule has 0 spiro atoms. The number of nitrogens with zero attached hydrogens (tertiary/aromatic N) is 3. The molecule has 0 aliphatic carbocycles. The molecule has 1 aliphatic heterocycles. The van der Waals surface area contributed by atoms with Crippen LogP contribution in [-0.2, 0) is 11.3 Å². The standard InChI is InChI=1S/C19H23N5O/c1-14-7-6-10-21-17(14)12-22-19(20-2)23-15-11-18(25)24(13-15)16-8-4-3-5-9-16/h3-10,15H,11-13H2,1-2H3,(H2,20,22,23). The van der Waals surface area contributed by atoms with Crippen LogP contribution >= 0.6 is 0 Å². The molecule has 1 aromatic heterocycles. The highest BCUT2D eigenvalue weighted by Crippen LogP contribution is 2.20. The fourth-order valence-electron chi connectivity index (χ4n) is 2.92. The predicted octanol–water partition coefficient (Wildman–Crippen LogP) is 1.86. The fourth-order valence-corrected chi connectivity index (χ4v) is 2.92. The van der Waals surface area contributed by atoms with E-state index in [4.69, 9.17) is 0 Å². The zero-order chi connectivity index (χ0) is 17.6. The summed E-state index contributed by atoms with van der Waals surface area (Å²) >= 11 is 0. The first-order valence-corrected chi connectivity index (χ1v) is 8.40. The van der Waals surface area contributed by atoms with Crippen LogP contribution in [0, 0.1) is 6.92 Å². The number of aromatic nitrogens is 1. The van der Waals surface area contributed by atoms with E-state index in [1.165, 1.54) is 0 Å². The molecular formula is C19H23N5O. The average molecular weight is 337 g/mol. The third kappa shape index (κ3) is 4.15. The maximum absolute atomic E-state index is 12.3. The molecule has 1 aromatic carbocycles. The number of carbonyl (C=O) groups is 1. The Hall–Kier alpha value is -2.89. The highest BCUT2D eigenvalue weighted by Gasteiger charge is 2.31. The van der Waals surface area contributed by atoms with Crippen molar-refractivity contribution in [2.45, 2.75) is 25.9 Å². The van der Waals surface area contributed by atoms with E-state index < -0.39 is 0 Å². The summed E-state index contributed by atoms with van der Waals surface area (Å²) in [6.07, 6.45) is 2.24. The Morgan fingerprint density at radius 3 is 2.80 bits per heavy atom. The number of aliphatic imine (C=N–C) groups is 1. The molecule has 0 bridgehead atoms. The highest BCUT2D eigenvalue weighted by molar-refractivity contribution is 5.97. The third-order valence-electron chi connectivity index (χ3n) is 4.30. The lowest BCUT2D eigenvalue weighted by Crippen LogP contribution is -2.44. The van der Waals surface area contributed by atoms with Crippen LogP contribution in [0.1, 0.15) is 17.7 Å². The monoisotopic (exact) mass is 337 g/mol. The van der Waals surface area contributed by atoms with Gasteiger partial charge in [0.05, 0.1) is 18.3 Å². The second kappa shape index (κ2) is 7.79. The normalized spacial score (nSPS) is 17.7. The molecule has 1 saturated heterocycles. The summed E-state index contributed by atoms with van der Waals surface area (Å²) < 4.78 is 0. The van der Waals surface area contributed by atoms with E-state index in [0.29, 0.717) is 25.5 Å². The summed E-state index contributed by atoms with van der Waals surface area (Å²) in [6.45, 7) is 3.26. The molecular weight excluding hydrogens is 314 g/mol. The molecule has 1 unspecified atom stereocenters. The van der Waals surface area contributed by atoms with Crippen LogP contribution < -0.4 is 15.5 Å². The van der Waals surface area contributed by atoms with Gasteiger partial charge in [-0.25, -0.2) is 0 Å². The molecule has 1 amide bonds. The van der Waals surface area contributed by atoms with Crippen LogP contribution in [0.5, 0.6) is 0 Å². The first-order valence-electron chi connectivity index (χ1n) is 8.40. The minimum Gasteiger partial charge on any atom is -0.351 e. The van der Waals surface area contributed by atoms with Crippen molar-refractivity contribution < 1.29 is 4.79 Å². The van der Waals surface area contributed by atoms with E-state index >= 15 is 0 Å². The Kier molecular flexibility index (Phi) is 5.28. The lowest BCUT2D eigenvalue weighted by molar-refractivity contribution is -0.117. The van der Waals surface area contributed by atoms with Crippen LogP contribution in [0.2, 0.25) is 0 Å². The number of guanidine groups is 1. The largest absolute Gasteiger partial charge is 0.351 e. The number of anilines is 1. The second-order valence-corrected chi connectivity index (χ2v) is 6.08. The van der Waals surface area contributed by atoms with Crippen LogP contribution in [-0.4, -0.2) is 36.5 Å². The zero-order valence-corrected chi connectivity index (χ0v) is 14.6. The molecule has 0 saturated carbocycles. The van der Waals surface area contributed by atoms with Crippen molar-refractivity contribution in [1.82, 2.24) is 15.6 Å². The molecule has 2 aromatic rings. The van der Waals surface area contributed by atoms with Gasteiger partial charge < -0.3 is 15.5 Å². The Labute approximate surface area is 148 Å². The topological polar surface area (TPSA) is 69.6 Å². The average Bonchev–Trinajstić information content (AvgIpc) is 3.01. The van der Waals surface area contributed by atoms with Gasteiger partial charge in [-0.2, -0.15) is 0 Å². The Morgan fingerprint density at radius 2 is 2.08 bits per heavy atom. The number of aryl methyl sites for hydroxylation is 1. The lowest BCUT2D eigenvalue weighted by atomic mass is 10.2.